The van der Waals surface area contributed by atoms with E-state index in [1.165, 1.54) is 0 Å². The van der Waals surface area contributed by atoms with Crippen molar-refractivity contribution in [3.05, 3.63) is 0 Å². The molecular formula is C13H22N2O5S. The summed E-state index contributed by atoms with van der Waals surface area (Å²) in [6, 6.07) is -0.425. The van der Waals surface area contributed by atoms with Gasteiger partial charge in [0.1, 0.15) is 0 Å². The van der Waals surface area contributed by atoms with E-state index in [2.05, 4.69) is 10.6 Å². The van der Waals surface area contributed by atoms with Crippen LogP contribution in [0.1, 0.15) is 32.6 Å². The van der Waals surface area contributed by atoms with E-state index >= 15 is 0 Å². The van der Waals surface area contributed by atoms with Gasteiger partial charge in [-0.15, -0.1) is 0 Å². The summed E-state index contributed by atoms with van der Waals surface area (Å²) in [5.41, 5.74) is -0.731. The number of hydrogen-bond acceptors (Lipinski definition) is 4. The third-order valence-electron chi connectivity index (χ3n) is 4.42. The molecule has 3 unspecified atom stereocenters. The molecule has 1 aliphatic heterocycles. The number of carboxylic acids is 1. The average molecular weight is 318 g/mol. The number of amides is 2. The molecule has 3 N–H and O–H groups in total. The molecule has 7 nitrogen and oxygen atoms in total. The molecule has 1 heterocycles. The van der Waals surface area contributed by atoms with E-state index in [-0.39, 0.29) is 17.4 Å². The van der Waals surface area contributed by atoms with Gasteiger partial charge < -0.3 is 15.7 Å². The van der Waals surface area contributed by atoms with Gasteiger partial charge in [0.05, 0.1) is 23.0 Å². The molecule has 1 saturated carbocycles. The van der Waals surface area contributed by atoms with Crippen molar-refractivity contribution in [3.8, 4) is 0 Å². The van der Waals surface area contributed by atoms with Crippen molar-refractivity contribution in [2.45, 2.75) is 38.1 Å². The van der Waals surface area contributed by atoms with Gasteiger partial charge in [-0.25, -0.2) is 13.2 Å². The summed E-state index contributed by atoms with van der Waals surface area (Å²) >= 11 is 0. The molecule has 2 aliphatic rings. The van der Waals surface area contributed by atoms with Crippen molar-refractivity contribution in [3.63, 3.8) is 0 Å². The molecule has 0 radical (unpaired) electrons. The first-order valence-electron chi connectivity index (χ1n) is 7.20. The van der Waals surface area contributed by atoms with Crippen LogP contribution in [0, 0.1) is 11.8 Å². The SMILES string of the molecule is CC1(NC(=O)NCC2CCCC2C(=O)O)CCS(=O)(=O)C1. The zero-order valence-electron chi connectivity index (χ0n) is 12.1. The largest absolute Gasteiger partial charge is 0.481 e. The van der Waals surface area contributed by atoms with Crippen molar-refractivity contribution in [2.24, 2.45) is 11.8 Å². The molecule has 120 valence electrons. The minimum absolute atomic E-state index is 0.0470. The number of rotatable bonds is 4. The van der Waals surface area contributed by atoms with Crippen LogP contribution in [0.3, 0.4) is 0 Å². The zero-order valence-corrected chi connectivity index (χ0v) is 12.9. The molecule has 0 aromatic rings. The number of carbonyl (C=O) groups excluding carboxylic acids is 1. The van der Waals surface area contributed by atoms with Gasteiger partial charge in [-0.1, -0.05) is 6.42 Å². The van der Waals surface area contributed by atoms with Gasteiger partial charge in [-0.05, 0) is 32.1 Å². The van der Waals surface area contributed by atoms with Crippen LogP contribution < -0.4 is 10.6 Å². The minimum atomic E-state index is -3.07. The maximum atomic E-state index is 11.9. The second-order valence-electron chi connectivity index (χ2n) is 6.37. The molecule has 1 aliphatic carbocycles. The number of nitrogens with one attached hydrogen (secondary N) is 2. The second kappa shape index (κ2) is 5.82. The van der Waals surface area contributed by atoms with E-state index in [1.807, 2.05) is 0 Å². The molecule has 3 atom stereocenters. The van der Waals surface area contributed by atoms with E-state index in [0.29, 0.717) is 19.4 Å². The Kier molecular flexibility index (Phi) is 4.46. The maximum absolute atomic E-state index is 11.9. The first-order valence-corrected chi connectivity index (χ1v) is 9.02. The Morgan fingerprint density at radius 2 is 2.05 bits per heavy atom. The van der Waals surface area contributed by atoms with Gasteiger partial charge in [0.25, 0.3) is 0 Å². The Morgan fingerprint density at radius 1 is 1.33 bits per heavy atom. The van der Waals surface area contributed by atoms with E-state index < -0.39 is 33.3 Å². The molecule has 1 saturated heterocycles. The fourth-order valence-electron chi connectivity index (χ4n) is 3.26. The molecule has 8 heteroatoms. The van der Waals surface area contributed by atoms with Crippen LogP contribution in [-0.2, 0) is 14.6 Å². The number of hydrogen-bond donors (Lipinski definition) is 3. The Bertz CT molecular complexity index is 533. The lowest BCUT2D eigenvalue weighted by atomic mass is 9.96. The van der Waals surface area contributed by atoms with Gasteiger partial charge in [-0.3, -0.25) is 4.79 Å². The van der Waals surface area contributed by atoms with E-state index in [1.54, 1.807) is 6.92 Å². The monoisotopic (exact) mass is 318 g/mol. The lowest BCUT2D eigenvalue weighted by Gasteiger charge is -2.25. The normalized spacial score (nSPS) is 34.5. The first kappa shape index (κ1) is 16.1. The van der Waals surface area contributed by atoms with Crippen LogP contribution >= 0.6 is 0 Å². The predicted octanol–water partition coefficient (Wildman–Crippen LogP) is 0.364. The Morgan fingerprint density at radius 3 is 2.62 bits per heavy atom. The lowest BCUT2D eigenvalue weighted by Crippen LogP contribution is -2.52. The summed E-state index contributed by atoms with van der Waals surface area (Å²) in [5, 5.41) is 14.5. The molecule has 21 heavy (non-hydrogen) atoms. The highest BCUT2D eigenvalue weighted by Crippen LogP contribution is 2.31. The average Bonchev–Trinajstić information content (AvgIpc) is 2.91. The Balaban J connectivity index is 1.82. The summed E-state index contributed by atoms with van der Waals surface area (Å²) in [5.74, 6) is -1.21. The number of aliphatic carboxylic acids is 1. The standard InChI is InChI=1S/C13H22N2O5S/c1-13(5-6-21(19,20)8-13)15-12(18)14-7-9-3-2-4-10(9)11(16)17/h9-10H,2-8H2,1H3,(H,16,17)(H2,14,15,18). The van der Waals surface area contributed by atoms with Crippen LogP contribution in [0.4, 0.5) is 4.79 Å². The number of sulfone groups is 1. The summed E-state index contributed by atoms with van der Waals surface area (Å²) in [6.45, 7) is 2.03. The molecular weight excluding hydrogens is 296 g/mol. The topological polar surface area (TPSA) is 113 Å². The highest BCUT2D eigenvalue weighted by atomic mass is 32.2. The number of carbonyl (C=O) groups is 2. The van der Waals surface area contributed by atoms with Crippen LogP contribution in [0.5, 0.6) is 0 Å². The van der Waals surface area contributed by atoms with Gasteiger partial charge in [0, 0.05) is 6.54 Å². The smallest absolute Gasteiger partial charge is 0.315 e. The Labute approximate surface area is 124 Å². The van der Waals surface area contributed by atoms with Crippen molar-refractivity contribution in [1.29, 1.82) is 0 Å². The minimum Gasteiger partial charge on any atom is -0.481 e. The molecule has 2 fully saturated rings. The van der Waals surface area contributed by atoms with E-state index in [0.717, 1.165) is 12.8 Å². The third kappa shape index (κ3) is 4.09. The van der Waals surface area contributed by atoms with E-state index in [4.69, 9.17) is 5.11 Å². The second-order valence-corrected chi connectivity index (χ2v) is 8.56. The number of urea groups is 1. The fourth-order valence-corrected chi connectivity index (χ4v) is 5.35. The van der Waals surface area contributed by atoms with Crippen LogP contribution in [0.25, 0.3) is 0 Å². The summed E-state index contributed by atoms with van der Waals surface area (Å²) in [4.78, 5) is 22.9. The Hall–Kier alpha value is -1.31. The highest BCUT2D eigenvalue weighted by Gasteiger charge is 2.40. The van der Waals surface area contributed by atoms with Crippen LogP contribution in [-0.4, -0.2) is 49.1 Å². The van der Waals surface area contributed by atoms with Crippen molar-refractivity contribution in [1.82, 2.24) is 10.6 Å². The fraction of sp³-hybridized carbons (Fsp3) is 0.846. The summed E-state index contributed by atoms with van der Waals surface area (Å²) < 4.78 is 23.0. The predicted molar refractivity (Wildman–Crippen MR) is 76.7 cm³/mol. The first-order chi connectivity index (χ1) is 9.71. The molecule has 0 spiro atoms. The van der Waals surface area contributed by atoms with Crippen molar-refractivity contribution < 1.29 is 23.1 Å². The van der Waals surface area contributed by atoms with Crippen molar-refractivity contribution >= 4 is 21.8 Å². The van der Waals surface area contributed by atoms with Gasteiger partial charge in [0.15, 0.2) is 9.84 Å². The van der Waals surface area contributed by atoms with Crippen LogP contribution in [0.15, 0.2) is 0 Å². The quantitative estimate of drug-likeness (QED) is 0.693. The zero-order chi connectivity index (χ0) is 15.7. The van der Waals surface area contributed by atoms with Crippen LogP contribution in [0.2, 0.25) is 0 Å². The molecule has 0 aromatic carbocycles. The summed E-state index contributed by atoms with van der Waals surface area (Å²) in [7, 11) is -3.07. The van der Waals surface area contributed by atoms with Gasteiger partial charge in [0.2, 0.25) is 0 Å². The summed E-state index contributed by atoms with van der Waals surface area (Å²) in [6.07, 6.45) is 2.72. The third-order valence-corrected chi connectivity index (χ3v) is 6.32. The highest BCUT2D eigenvalue weighted by molar-refractivity contribution is 7.91. The molecule has 2 amide bonds. The van der Waals surface area contributed by atoms with Gasteiger partial charge in [-0.2, -0.15) is 0 Å². The molecule has 0 bridgehead atoms. The molecule has 2 rings (SSSR count). The molecule has 0 aromatic heterocycles. The number of carboxylic acid groups (broad SMARTS) is 1. The maximum Gasteiger partial charge on any atom is 0.315 e. The van der Waals surface area contributed by atoms with Gasteiger partial charge >= 0.3 is 12.0 Å². The lowest BCUT2D eigenvalue weighted by molar-refractivity contribution is -0.142. The van der Waals surface area contributed by atoms with E-state index in [9.17, 15) is 18.0 Å². The van der Waals surface area contributed by atoms with Crippen molar-refractivity contribution in [2.75, 3.05) is 18.1 Å².